The first-order valence-electron chi connectivity index (χ1n) is 7.08. The Bertz CT molecular complexity index is 781. The smallest absolute Gasteiger partial charge is 0.276 e. The van der Waals surface area contributed by atoms with E-state index in [1.165, 1.54) is 13.0 Å². The van der Waals surface area contributed by atoms with Crippen molar-refractivity contribution in [2.75, 3.05) is 17.2 Å². The second kappa shape index (κ2) is 7.99. The van der Waals surface area contributed by atoms with E-state index in [0.29, 0.717) is 28.9 Å². The van der Waals surface area contributed by atoms with E-state index in [1.54, 1.807) is 24.3 Å². The molecule has 0 saturated carbocycles. The number of rotatable bonds is 5. The molecule has 1 aromatic heterocycles. The molecule has 0 radical (unpaired) electrons. The van der Waals surface area contributed by atoms with E-state index in [0.717, 1.165) is 0 Å². The molecule has 1 heterocycles. The van der Waals surface area contributed by atoms with Crippen LogP contribution in [0, 0.1) is 0 Å². The van der Waals surface area contributed by atoms with E-state index in [2.05, 4.69) is 15.6 Å². The molecule has 0 bridgehead atoms. The summed E-state index contributed by atoms with van der Waals surface area (Å²) in [4.78, 5) is 27.6. The van der Waals surface area contributed by atoms with Gasteiger partial charge in [-0.25, -0.2) is 4.98 Å². The Kier molecular flexibility index (Phi) is 6.00. The summed E-state index contributed by atoms with van der Waals surface area (Å²) in [5.41, 5.74) is 0.848. The van der Waals surface area contributed by atoms with Crippen molar-refractivity contribution in [1.29, 1.82) is 0 Å². The summed E-state index contributed by atoms with van der Waals surface area (Å²) in [7, 11) is 0. The average molecular weight is 368 g/mol. The van der Waals surface area contributed by atoms with E-state index in [-0.39, 0.29) is 16.6 Å². The van der Waals surface area contributed by atoms with Gasteiger partial charge in [0.2, 0.25) is 11.8 Å². The molecule has 8 heteroatoms. The Labute approximate surface area is 149 Å². The molecule has 6 nitrogen and oxygen atoms in total. The summed E-state index contributed by atoms with van der Waals surface area (Å²) in [6.45, 7) is 3.61. The van der Waals surface area contributed by atoms with Gasteiger partial charge in [0.1, 0.15) is 0 Å². The zero-order valence-corrected chi connectivity index (χ0v) is 14.5. The third-order valence-electron chi connectivity index (χ3n) is 2.86. The Balaban J connectivity index is 2.26. The predicted molar refractivity (Wildman–Crippen MR) is 94.1 cm³/mol. The lowest BCUT2D eigenvalue weighted by Crippen LogP contribution is -2.15. The summed E-state index contributed by atoms with van der Waals surface area (Å²) in [5.74, 6) is -0.475. The molecule has 0 unspecified atom stereocenters. The van der Waals surface area contributed by atoms with Gasteiger partial charge in [0, 0.05) is 18.7 Å². The normalized spacial score (nSPS) is 10.2. The van der Waals surface area contributed by atoms with Crippen LogP contribution in [0.3, 0.4) is 0 Å². The second-order valence-electron chi connectivity index (χ2n) is 4.74. The van der Waals surface area contributed by atoms with Crippen molar-refractivity contribution in [3.05, 3.63) is 46.1 Å². The third kappa shape index (κ3) is 4.59. The van der Waals surface area contributed by atoms with Gasteiger partial charge in [-0.05, 0) is 31.2 Å². The van der Waals surface area contributed by atoms with Crippen molar-refractivity contribution in [2.45, 2.75) is 13.8 Å². The van der Waals surface area contributed by atoms with Crippen molar-refractivity contribution in [2.24, 2.45) is 0 Å². The highest BCUT2D eigenvalue weighted by molar-refractivity contribution is 6.35. The number of pyridine rings is 1. The van der Waals surface area contributed by atoms with Crippen LogP contribution in [0.2, 0.25) is 10.0 Å². The van der Waals surface area contributed by atoms with Crippen LogP contribution in [0.5, 0.6) is 5.88 Å². The molecule has 0 atom stereocenters. The first-order chi connectivity index (χ1) is 11.4. The highest BCUT2D eigenvalue weighted by atomic mass is 35.5. The number of benzene rings is 1. The van der Waals surface area contributed by atoms with E-state index < -0.39 is 5.91 Å². The fourth-order valence-electron chi connectivity index (χ4n) is 1.90. The van der Waals surface area contributed by atoms with Gasteiger partial charge in [-0.2, -0.15) is 0 Å². The van der Waals surface area contributed by atoms with Gasteiger partial charge in [0.15, 0.2) is 5.69 Å². The van der Waals surface area contributed by atoms with Crippen molar-refractivity contribution in [1.82, 2.24) is 4.98 Å². The number of anilines is 2. The van der Waals surface area contributed by atoms with Gasteiger partial charge in [-0.15, -0.1) is 0 Å². The summed E-state index contributed by atoms with van der Waals surface area (Å²) in [6, 6.07) is 7.84. The maximum Gasteiger partial charge on any atom is 0.276 e. The number of amides is 2. The van der Waals surface area contributed by atoms with Crippen LogP contribution >= 0.6 is 23.2 Å². The van der Waals surface area contributed by atoms with E-state index in [9.17, 15) is 9.59 Å². The van der Waals surface area contributed by atoms with Gasteiger partial charge < -0.3 is 15.4 Å². The minimum atomic E-state index is -0.538. The number of hydrogen-bond acceptors (Lipinski definition) is 4. The number of hydrogen-bond donors (Lipinski definition) is 2. The first kappa shape index (κ1) is 18.0. The zero-order valence-electron chi connectivity index (χ0n) is 13.0. The molecule has 2 N–H and O–H groups in total. The SMILES string of the molecule is CCOc1ccc(Cl)c(C(=O)Nc2cc(NC(C)=O)ccc2Cl)n1. The number of carbonyl (C=O) groups excluding carboxylic acids is 2. The minimum absolute atomic E-state index is 0.0172. The van der Waals surface area contributed by atoms with Crippen LogP contribution in [-0.4, -0.2) is 23.4 Å². The van der Waals surface area contributed by atoms with Crippen LogP contribution in [0.25, 0.3) is 0 Å². The fraction of sp³-hybridized carbons (Fsp3) is 0.188. The summed E-state index contributed by atoms with van der Waals surface area (Å²) in [5, 5.41) is 5.74. The van der Waals surface area contributed by atoms with Crippen molar-refractivity contribution >= 4 is 46.4 Å². The van der Waals surface area contributed by atoms with Gasteiger partial charge in [-0.3, -0.25) is 9.59 Å². The molecule has 1 aromatic carbocycles. The molecule has 2 amide bonds. The number of ether oxygens (including phenoxy) is 1. The van der Waals surface area contributed by atoms with Gasteiger partial charge in [-0.1, -0.05) is 23.2 Å². The maximum absolute atomic E-state index is 12.4. The van der Waals surface area contributed by atoms with Gasteiger partial charge in [0.05, 0.1) is 22.3 Å². The molecule has 0 fully saturated rings. The molecule has 126 valence electrons. The molecule has 2 rings (SSSR count). The Morgan fingerprint density at radius 1 is 1.12 bits per heavy atom. The van der Waals surface area contributed by atoms with Crippen molar-refractivity contribution < 1.29 is 14.3 Å². The van der Waals surface area contributed by atoms with E-state index in [4.69, 9.17) is 27.9 Å². The largest absolute Gasteiger partial charge is 0.478 e. The number of aromatic nitrogens is 1. The molecule has 0 aliphatic rings. The summed E-state index contributed by atoms with van der Waals surface area (Å²) >= 11 is 12.1. The Morgan fingerprint density at radius 3 is 2.50 bits per heavy atom. The van der Waals surface area contributed by atoms with Crippen molar-refractivity contribution in [3.8, 4) is 5.88 Å². The quantitative estimate of drug-likeness (QED) is 0.836. The van der Waals surface area contributed by atoms with Crippen LogP contribution in [0.1, 0.15) is 24.3 Å². The number of nitrogens with one attached hydrogen (secondary N) is 2. The molecule has 0 saturated heterocycles. The minimum Gasteiger partial charge on any atom is -0.478 e. The van der Waals surface area contributed by atoms with Crippen molar-refractivity contribution in [3.63, 3.8) is 0 Å². The van der Waals surface area contributed by atoms with Crippen LogP contribution in [0.4, 0.5) is 11.4 Å². The van der Waals surface area contributed by atoms with Gasteiger partial charge >= 0.3 is 0 Å². The third-order valence-corrected chi connectivity index (χ3v) is 3.50. The molecule has 0 aliphatic heterocycles. The van der Waals surface area contributed by atoms with Crippen LogP contribution in [0.15, 0.2) is 30.3 Å². The lowest BCUT2D eigenvalue weighted by Gasteiger charge is -2.11. The fourth-order valence-corrected chi connectivity index (χ4v) is 2.25. The summed E-state index contributed by atoms with van der Waals surface area (Å²) < 4.78 is 5.27. The molecular weight excluding hydrogens is 353 g/mol. The zero-order chi connectivity index (χ0) is 17.7. The lowest BCUT2D eigenvalue weighted by molar-refractivity contribution is -0.114. The highest BCUT2D eigenvalue weighted by Crippen LogP contribution is 2.27. The molecular formula is C16H15Cl2N3O3. The predicted octanol–water partition coefficient (Wildman–Crippen LogP) is 4.00. The number of nitrogens with zero attached hydrogens (tertiary/aromatic N) is 1. The van der Waals surface area contributed by atoms with E-state index >= 15 is 0 Å². The van der Waals surface area contributed by atoms with Crippen LogP contribution in [-0.2, 0) is 4.79 Å². The highest BCUT2D eigenvalue weighted by Gasteiger charge is 2.16. The topological polar surface area (TPSA) is 80.3 Å². The van der Waals surface area contributed by atoms with E-state index in [1.807, 2.05) is 6.92 Å². The summed E-state index contributed by atoms with van der Waals surface area (Å²) in [6.07, 6.45) is 0. The maximum atomic E-state index is 12.4. The van der Waals surface area contributed by atoms with Crippen LogP contribution < -0.4 is 15.4 Å². The molecule has 0 aliphatic carbocycles. The Morgan fingerprint density at radius 2 is 1.83 bits per heavy atom. The average Bonchev–Trinajstić information content (AvgIpc) is 2.52. The standard InChI is InChI=1S/C16H15Cl2N3O3/c1-3-24-14-7-6-12(18)15(21-14)16(23)20-13-8-10(19-9(2)22)4-5-11(13)17/h4-8H,3H2,1-2H3,(H,19,22)(H,20,23). The lowest BCUT2D eigenvalue weighted by atomic mass is 10.2. The second-order valence-corrected chi connectivity index (χ2v) is 5.56. The Hall–Kier alpha value is -2.31. The first-order valence-corrected chi connectivity index (χ1v) is 7.84. The molecule has 24 heavy (non-hydrogen) atoms. The molecule has 2 aromatic rings. The number of carbonyl (C=O) groups is 2. The number of halogens is 2. The monoisotopic (exact) mass is 367 g/mol. The molecule has 0 spiro atoms. The van der Waals surface area contributed by atoms with Gasteiger partial charge in [0.25, 0.3) is 5.91 Å².